The Labute approximate surface area is 156 Å². The number of nitro benzene ring substituents is 1. The number of anilines is 1. The van der Waals surface area contributed by atoms with E-state index in [-0.39, 0.29) is 17.8 Å². The summed E-state index contributed by atoms with van der Waals surface area (Å²) in [5.74, 6) is 0.562. The van der Waals surface area contributed by atoms with Crippen molar-refractivity contribution in [2.45, 2.75) is 45.3 Å². The number of aromatic nitrogens is 2. The number of fused-ring (bicyclic) bond motifs is 1. The molecule has 0 spiro atoms. The summed E-state index contributed by atoms with van der Waals surface area (Å²) in [4.78, 5) is 33.1. The summed E-state index contributed by atoms with van der Waals surface area (Å²) in [6, 6.07) is 4.40. The SMILES string of the molecule is CC(C)(C)OC(=O)N1CCCC1CNc1cnc2cc([N+](=O)[O-])ccc2n1. The van der Waals surface area contributed by atoms with Gasteiger partial charge in [-0.05, 0) is 39.7 Å². The van der Waals surface area contributed by atoms with Crippen molar-refractivity contribution in [3.05, 3.63) is 34.5 Å². The van der Waals surface area contributed by atoms with Crippen LogP contribution in [0.4, 0.5) is 16.3 Å². The van der Waals surface area contributed by atoms with E-state index in [4.69, 9.17) is 4.74 Å². The van der Waals surface area contributed by atoms with E-state index in [0.29, 0.717) is 29.9 Å². The first-order valence-corrected chi connectivity index (χ1v) is 8.87. The normalized spacial score (nSPS) is 17.1. The van der Waals surface area contributed by atoms with E-state index in [1.165, 1.54) is 12.1 Å². The molecule has 27 heavy (non-hydrogen) atoms. The highest BCUT2D eigenvalue weighted by atomic mass is 16.6. The van der Waals surface area contributed by atoms with Gasteiger partial charge < -0.3 is 15.0 Å². The molecule has 1 fully saturated rings. The second-order valence-electron chi connectivity index (χ2n) is 7.54. The summed E-state index contributed by atoms with van der Waals surface area (Å²) in [5, 5.41) is 14.0. The van der Waals surface area contributed by atoms with E-state index >= 15 is 0 Å². The third-order valence-electron chi connectivity index (χ3n) is 4.26. The van der Waals surface area contributed by atoms with Gasteiger partial charge in [0.25, 0.3) is 5.69 Å². The largest absolute Gasteiger partial charge is 0.444 e. The Balaban J connectivity index is 1.66. The van der Waals surface area contributed by atoms with Crippen LogP contribution >= 0.6 is 0 Å². The van der Waals surface area contributed by atoms with Crippen molar-refractivity contribution in [2.24, 2.45) is 0 Å². The summed E-state index contributed by atoms with van der Waals surface area (Å²) in [5.41, 5.74) is 0.493. The van der Waals surface area contributed by atoms with E-state index in [1.807, 2.05) is 20.8 Å². The molecular formula is C18H23N5O4. The second kappa shape index (κ2) is 7.34. The maximum atomic E-state index is 12.3. The molecule has 3 rings (SSSR count). The van der Waals surface area contributed by atoms with E-state index in [9.17, 15) is 14.9 Å². The molecule has 9 nitrogen and oxygen atoms in total. The van der Waals surface area contributed by atoms with Gasteiger partial charge in [0, 0.05) is 25.2 Å². The number of hydrogen-bond acceptors (Lipinski definition) is 7. The zero-order valence-electron chi connectivity index (χ0n) is 15.6. The zero-order valence-corrected chi connectivity index (χ0v) is 15.6. The highest BCUT2D eigenvalue weighted by Gasteiger charge is 2.32. The maximum Gasteiger partial charge on any atom is 0.410 e. The van der Waals surface area contributed by atoms with Gasteiger partial charge in [-0.1, -0.05) is 0 Å². The Morgan fingerprint density at radius 2 is 2.19 bits per heavy atom. The molecule has 1 aliphatic rings. The number of carbonyl (C=O) groups is 1. The minimum absolute atomic E-state index is 0.0172. The molecule has 0 bridgehead atoms. The molecular weight excluding hydrogens is 350 g/mol. The van der Waals surface area contributed by atoms with Crippen LogP contribution in [0.25, 0.3) is 11.0 Å². The number of amides is 1. The van der Waals surface area contributed by atoms with Gasteiger partial charge in [-0.25, -0.2) is 9.78 Å². The number of likely N-dealkylation sites (tertiary alicyclic amines) is 1. The van der Waals surface area contributed by atoms with Crippen LogP contribution in [-0.2, 0) is 4.74 Å². The first-order chi connectivity index (χ1) is 12.7. The van der Waals surface area contributed by atoms with Gasteiger partial charge in [0.1, 0.15) is 11.4 Å². The average molecular weight is 373 g/mol. The van der Waals surface area contributed by atoms with Gasteiger partial charge in [0.05, 0.1) is 28.2 Å². The van der Waals surface area contributed by atoms with Crippen LogP contribution in [0.5, 0.6) is 0 Å². The van der Waals surface area contributed by atoms with Crippen LogP contribution in [0.3, 0.4) is 0 Å². The lowest BCUT2D eigenvalue weighted by Crippen LogP contribution is -2.42. The summed E-state index contributed by atoms with van der Waals surface area (Å²) in [6.45, 7) is 6.76. The van der Waals surface area contributed by atoms with Gasteiger partial charge in [-0.2, -0.15) is 0 Å². The molecule has 1 aromatic heterocycles. The van der Waals surface area contributed by atoms with Gasteiger partial charge in [0.15, 0.2) is 0 Å². The smallest absolute Gasteiger partial charge is 0.410 e. The van der Waals surface area contributed by atoms with Crippen LogP contribution in [-0.4, -0.2) is 50.6 Å². The Morgan fingerprint density at radius 1 is 1.41 bits per heavy atom. The van der Waals surface area contributed by atoms with Crippen LogP contribution in [0.15, 0.2) is 24.4 Å². The highest BCUT2D eigenvalue weighted by molar-refractivity contribution is 5.78. The van der Waals surface area contributed by atoms with Gasteiger partial charge in [-0.3, -0.25) is 15.1 Å². The number of nitrogens with zero attached hydrogens (tertiary/aromatic N) is 4. The van der Waals surface area contributed by atoms with Gasteiger partial charge in [0.2, 0.25) is 0 Å². The standard InChI is InChI=1S/C18H23N5O4/c1-18(2,3)27-17(24)22-8-4-5-13(22)10-20-16-11-19-15-9-12(23(25)26)6-7-14(15)21-16/h6-7,9,11,13H,4-5,8,10H2,1-3H3,(H,20,21). The molecule has 2 aromatic rings. The molecule has 9 heteroatoms. The van der Waals surface area contributed by atoms with E-state index in [0.717, 1.165) is 12.8 Å². The van der Waals surface area contributed by atoms with Crippen LogP contribution in [0.2, 0.25) is 0 Å². The monoisotopic (exact) mass is 373 g/mol. The fourth-order valence-corrected chi connectivity index (χ4v) is 3.03. The minimum atomic E-state index is -0.524. The third kappa shape index (κ3) is 4.60. The van der Waals surface area contributed by atoms with Gasteiger partial charge >= 0.3 is 6.09 Å². The molecule has 0 saturated carbocycles. The topological polar surface area (TPSA) is 110 Å². The number of rotatable bonds is 4. The molecule has 1 atom stereocenters. The first-order valence-electron chi connectivity index (χ1n) is 8.87. The van der Waals surface area contributed by atoms with Gasteiger partial charge in [-0.15, -0.1) is 0 Å². The lowest BCUT2D eigenvalue weighted by Gasteiger charge is -2.28. The Morgan fingerprint density at radius 3 is 2.89 bits per heavy atom. The van der Waals surface area contributed by atoms with Crippen molar-refractivity contribution in [2.75, 3.05) is 18.4 Å². The lowest BCUT2D eigenvalue weighted by molar-refractivity contribution is -0.384. The molecule has 2 heterocycles. The third-order valence-corrected chi connectivity index (χ3v) is 4.26. The molecule has 1 N–H and O–H groups in total. The number of nitrogens with one attached hydrogen (secondary N) is 1. The number of non-ortho nitro benzene ring substituents is 1. The predicted octanol–water partition coefficient (Wildman–Crippen LogP) is 3.35. The summed E-state index contributed by atoms with van der Waals surface area (Å²) in [7, 11) is 0. The van der Waals surface area contributed by atoms with Crippen LogP contribution in [0.1, 0.15) is 33.6 Å². The molecule has 1 aromatic carbocycles. The highest BCUT2D eigenvalue weighted by Crippen LogP contribution is 2.22. The van der Waals surface area contributed by atoms with Crippen molar-refractivity contribution in [1.29, 1.82) is 0 Å². The number of carbonyl (C=O) groups excluding carboxylic acids is 1. The molecule has 1 saturated heterocycles. The summed E-state index contributed by atoms with van der Waals surface area (Å²) >= 11 is 0. The van der Waals surface area contributed by atoms with E-state index < -0.39 is 10.5 Å². The van der Waals surface area contributed by atoms with E-state index in [2.05, 4.69) is 15.3 Å². The fourth-order valence-electron chi connectivity index (χ4n) is 3.03. The Bertz CT molecular complexity index is 864. The van der Waals surface area contributed by atoms with Crippen molar-refractivity contribution in [3.8, 4) is 0 Å². The second-order valence-corrected chi connectivity index (χ2v) is 7.54. The average Bonchev–Trinajstić information content (AvgIpc) is 3.06. The summed E-state index contributed by atoms with van der Waals surface area (Å²) < 4.78 is 5.47. The number of ether oxygens (including phenoxy) is 1. The molecule has 1 unspecified atom stereocenters. The van der Waals surface area contributed by atoms with Crippen molar-refractivity contribution < 1.29 is 14.5 Å². The predicted molar refractivity (Wildman–Crippen MR) is 101 cm³/mol. The lowest BCUT2D eigenvalue weighted by atomic mass is 10.2. The maximum absolute atomic E-state index is 12.3. The number of hydrogen-bond donors (Lipinski definition) is 1. The quantitative estimate of drug-likeness (QED) is 0.646. The molecule has 144 valence electrons. The Kier molecular flexibility index (Phi) is 5.11. The molecule has 1 aliphatic heterocycles. The van der Waals surface area contributed by atoms with Crippen LogP contribution in [0, 0.1) is 10.1 Å². The molecule has 0 radical (unpaired) electrons. The molecule has 1 amide bonds. The van der Waals surface area contributed by atoms with Crippen LogP contribution < -0.4 is 5.32 Å². The fraction of sp³-hybridized carbons (Fsp3) is 0.500. The number of nitro groups is 1. The van der Waals surface area contributed by atoms with E-state index in [1.54, 1.807) is 17.2 Å². The zero-order chi connectivity index (χ0) is 19.6. The first kappa shape index (κ1) is 18.8. The molecule has 0 aliphatic carbocycles. The van der Waals surface area contributed by atoms with Crippen molar-refractivity contribution >= 4 is 28.6 Å². The van der Waals surface area contributed by atoms with Crippen molar-refractivity contribution in [1.82, 2.24) is 14.9 Å². The Hall–Kier alpha value is -2.97. The van der Waals surface area contributed by atoms with Crippen molar-refractivity contribution in [3.63, 3.8) is 0 Å². The minimum Gasteiger partial charge on any atom is -0.444 e. The number of benzene rings is 1. The summed E-state index contributed by atoms with van der Waals surface area (Å²) in [6.07, 6.45) is 3.06.